The number of aromatic nitrogens is 3. The van der Waals surface area contributed by atoms with Gasteiger partial charge >= 0.3 is 0 Å². The predicted octanol–water partition coefficient (Wildman–Crippen LogP) is 2.91. The van der Waals surface area contributed by atoms with E-state index in [0.717, 1.165) is 29.2 Å². The van der Waals surface area contributed by atoms with Crippen molar-refractivity contribution in [3.63, 3.8) is 0 Å². The van der Waals surface area contributed by atoms with Crippen LogP contribution in [-0.4, -0.2) is 14.1 Å². The van der Waals surface area contributed by atoms with Gasteiger partial charge in [-0.2, -0.15) is 0 Å². The number of hydrogen-bond acceptors (Lipinski definition) is 2. The molecule has 22 heavy (non-hydrogen) atoms. The van der Waals surface area contributed by atoms with Crippen LogP contribution in [0, 0.1) is 13.8 Å². The second kappa shape index (κ2) is 5.64. The molecule has 0 spiro atoms. The first kappa shape index (κ1) is 14.3. The molecule has 0 atom stereocenters. The van der Waals surface area contributed by atoms with Crippen molar-refractivity contribution >= 4 is 0 Å². The molecule has 0 aliphatic carbocycles. The van der Waals surface area contributed by atoms with Gasteiger partial charge in [0.25, 0.3) is 5.56 Å². The second-order valence-electron chi connectivity index (χ2n) is 5.65. The fourth-order valence-corrected chi connectivity index (χ4v) is 2.68. The van der Waals surface area contributed by atoms with E-state index in [1.165, 1.54) is 5.56 Å². The number of aryl methyl sites for hydroxylation is 3. The van der Waals surface area contributed by atoms with Gasteiger partial charge in [-0.05, 0) is 25.5 Å². The number of pyridine rings is 1. The first-order chi connectivity index (χ1) is 10.5. The third-order valence-corrected chi connectivity index (χ3v) is 3.71. The highest BCUT2D eigenvalue weighted by molar-refractivity contribution is 5.56. The third-order valence-electron chi connectivity index (χ3n) is 3.71. The zero-order valence-corrected chi connectivity index (χ0v) is 13.1. The predicted molar refractivity (Wildman–Crippen MR) is 87.9 cm³/mol. The van der Waals surface area contributed by atoms with E-state index < -0.39 is 0 Å². The minimum absolute atomic E-state index is 0.0293. The Kier molecular flexibility index (Phi) is 3.67. The topological polar surface area (TPSA) is 39.8 Å². The molecule has 1 aromatic carbocycles. The lowest BCUT2D eigenvalue weighted by molar-refractivity contribution is 0.798. The molecule has 0 N–H and O–H groups in total. The van der Waals surface area contributed by atoms with Gasteiger partial charge in [0.1, 0.15) is 5.82 Å². The van der Waals surface area contributed by atoms with Gasteiger partial charge in [-0.25, -0.2) is 4.98 Å². The fourth-order valence-electron chi connectivity index (χ4n) is 2.68. The molecule has 0 radical (unpaired) electrons. The summed E-state index contributed by atoms with van der Waals surface area (Å²) < 4.78 is 3.74. The Morgan fingerprint density at radius 1 is 1.09 bits per heavy atom. The average Bonchev–Trinajstić information content (AvgIpc) is 2.86. The molecule has 0 saturated carbocycles. The lowest BCUT2D eigenvalue weighted by Gasteiger charge is -2.10. The highest BCUT2D eigenvalue weighted by atomic mass is 16.1. The molecule has 4 nitrogen and oxygen atoms in total. The second-order valence-corrected chi connectivity index (χ2v) is 5.65. The van der Waals surface area contributed by atoms with Crippen LogP contribution in [0.4, 0.5) is 0 Å². The minimum atomic E-state index is 0.0293. The average molecular weight is 293 g/mol. The largest absolute Gasteiger partial charge is 0.326 e. The summed E-state index contributed by atoms with van der Waals surface area (Å²) in [7, 11) is 1.77. The van der Waals surface area contributed by atoms with Gasteiger partial charge in [-0.15, -0.1) is 0 Å². The normalized spacial score (nSPS) is 10.9. The molecule has 0 saturated heterocycles. The lowest BCUT2D eigenvalue weighted by atomic mass is 10.2. The van der Waals surface area contributed by atoms with Crippen molar-refractivity contribution in [2.75, 3.05) is 0 Å². The third kappa shape index (κ3) is 2.72. The van der Waals surface area contributed by atoms with Crippen molar-refractivity contribution in [1.82, 2.24) is 14.1 Å². The monoisotopic (exact) mass is 293 g/mol. The van der Waals surface area contributed by atoms with Gasteiger partial charge in [-0.1, -0.05) is 30.3 Å². The van der Waals surface area contributed by atoms with E-state index in [0.29, 0.717) is 0 Å². The van der Waals surface area contributed by atoms with E-state index in [1.54, 1.807) is 11.6 Å². The molecule has 0 unspecified atom stereocenters. The molecule has 3 aromatic rings. The first-order valence-corrected chi connectivity index (χ1v) is 7.30. The van der Waals surface area contributed by atoms with Gasteiger partial charge in [0, 0.05) is 37.1 Å². The Hall–Kier alpha value is -2.62. The van der Waals surface area contributed by atoms with Crippen LogP contribution in [0.2, 0.25) is 0 Å². The molecule has 0 bridgehead atoms. The molecular weight excluding hydrogens is 274 g/mol. The highest BCUT2D eigenvalue weighted by Crippen LogP contribution is 2.20. The number of hydrogen-bond donors (Lipinski definition) is 0. The Bertz CT molecular complexity index is 834. The van der Waals surface area contributed by atoms with Crippen LogP contribution in [0.25, 0.3) is 11.4 Å². The molecule has 0 aliphatic heterocycles. The number of rotatable bonds is 3. The zero-order chi connectivity index (χ0) is 15.7. The quantitative estimate of drug-likeness (QED) is 0.745. The standard InChI is InChI=1S/C18H19N3O/c1-13-9-16(12-20(3)18(13)22)17-19-14(2)10-21(17)11-15-7-5-4-6-8-15/h4-10,12H,11H2,1-3H3. The Morgan fingerprint density at radius 3 is 2.50 bits per heavy atom. The minimum Gasteiger partial charge on any atom is -0.326 e. The summed E-state index contributed by atoms with van der Waals surface area (Å²) >= 11 is 0. The van der Waals surface area contributed by atoms with Gasteiger partial charge in [0.2, 0.25) is 0 Å². The van der Waals surface area contributed by atoms with E-state index in [9.17, 15) is 4.79 Å². The Labute approximate surface area is 129 Å². The molecule has 2 heterocycles. The van der Waals surface area contributed by atoms with Crippen molar-refractivity contribution in [1.29, 1.82) is 0 Å². The molecule has 0 aliphatic rings. The first-order valence-electron chi connectivity index (χ1n) is 7.30. The maximum atomic E-state index is 11.9. The van der Waals surface area contributed by atoms with Crippen LogP contribution in [0.5, 0.6) is 0 Å². The van der Waals surface area contributed by atoms with Crippen LogP contribution in [0.15, 0.2) is 53.6 Å². The van der Waals surface area contributed by atoms with Crippen LogP contribution < -0.4 is 5.56 Å². The molecule has 2 aromatic heterocycles. The van der Waals surface area contributed by atoms with Gasteiger partial charge in [0.15, 0.2) is 0 Å². The molecule has 0 amide bonds. The summed E-state index contributed by atoms with van der Waals surface area (Å²) in [5.74, 6) is 0.889. The number of nitrogens with zero attached hydrogens (tertiary/aromatic N) is 3. The Morgan fingerprint density at radius 2 is 1.82 bits per heavy atom. The molecule has 0 fully saturated rings. The van der Waals surface area contributed by atoms with E-state index in [-0.39, 0.29) is 5.56 Å². The van der Waals surface area contributed by atoms with Crippen molar-refractivity contribution in [3.05, 3.63) is 76.0 Å². The SMILES string of the molecule is Cc1cn(Cc2ccccc2)c(-c2cc(C)c(=O)n(C)c2)n1. The van der Waals surface area contributed by atoms with Gasteiger partial charge < -0.3 is 9.13 Å². The molecular formula is C18H19N3O. The van der Waals surface area contributed by atoms with Gasteiger partial charge in [0.05, 0.1) is 5.69 Å². The van der Waals surface area contributed by atoms with Crippen LogP contribution in [0.1, 0.15) is 16.8 Å². The lowest BCUT2D eigenvalue weighted by Crippen LogP contribution is -2.18. The number of imidazole rings is 1. The molecule has 4 heteroatoms. The van der Waals surface area contributed by atoms with Crippen molar-refractivity contribution in [2.45, 2.75) is 20.4 Å². The van der Waals surface area contributed by atoms with Gasteiger partial charge in [-0.3, -0.25) is 4.79 Å². The molecule has 112 valence electrons. The van der Waals surface area contributed by atoms with E-state index >= 15 is 0 Å². The zero-order valence-electron chi connectivity index (χ0n) is 13.1. The van der Waals surface area contributed by atoms with Crippen molar-refractivity contribution in [2.24, 2.45) is 7.05 Å². The van der Waals surface area contributed by atoms with Crippen molar-refractivity contribution < 1.29 is 0 Å². The smallest absolute Gasteiger partial charge is 0.253 e. The highest BCUT2D eigenvalue weighted by Gasteiger charge is 2.11. The van der Waals surface area contributed by atoms with E-state index in [4.69, 9.17) is 0 Å². The van der Waals surface area contributed by atoms with Crippen LogP contribution in [-0.2, 0) is 13.6 Å². The maximum Gasteiger partial charge on any atom is 0.253 e. The summed E-state index contributed by atoms with van der Waals surface area (Å²) in [6.45, 7) is 4.59. The molecule has 3 rings (SSSR count). The van der Waals surface area contributed by atoms with E-state index in [1.807, 2.05) is 50.5 Å². The number of benzene rings is 1. The van der Waals surface area contributed by atoms with Crippen molar-refractivity contribution in [3.8, 4) is 11.4 Å². The van der Waals surface area contributed by atoms with Crippen LogP contribution >= 0.6 is 0 Å². The van der Waals surface area contributed by atoms with Crippen LogP contribution in [0.3, 0.4) is 0 Å². The maximum absolute atomic E-state index is 11.9. The summed E-state index contributed by atoms with van der Waals surface area (Å²) in [5.41, 5.74) is 3.91. The summed E-state index contributed by atoms with van der Waals surface area (Å²) in [6.07, 6.45) is 3.89. The Balaban J connectivity index is 2.07. The fraction of sp³-hybridized carbons (Fsp3) is 0.222. The summed E-state index contributed by atoms with van der Waals surface area (Å²) in [6, 6.07) is 12.2. The summed E-state index contributed by atoms with van der Waals surface area (Å²) in [4.78, 5) is 16.5. The summed E-state index contributed by atoms with van der Waals surface area (Å²) in [5, 5.41) is 0. The van der Waals surface area contributed by atoms with E-state index in [2.05, 4.69) is 21.7 Å².